The number of rotatable bonds is 6. The molecule has 27 heavy (non-hydrogen) atoms. The molecule has 0 spiro atoms. The molecule has 0 radical (unpaired) electrons. The summed E-state index contributed by atoms with van der Waals surface area (Å²) in [5.74, 6) is 0.735. The number of fused-ring (bicyclic) bond motifs is 1. The summed E-state index contributed by atoms with van der Waals surface area (Å²) in [5, 5.41) is 12.9. The molecular weight excluding hydrogens is 344 g/mol. The van der Waals surface area contributed by atoms with Crippen molar-refractivity contribution in [2.24, 2.45) is 5.92 Å². The molecule has 0 saturated carbocycles. The summed E-state index contributed by atoms with van der Waals surface area (Å²) in [5.41, 5.74) is 3.70. The van der Waals surface area contributed by atoms with Gasteiger partial charge in [0.15, 0.2) is 5.69 Å². The van der Waals surface area contributed by atoms with Crippen molar-refractivity contribution in [3.63, 3.8) is 0 Å². The largest absolute Gasteiger partial charge is 0.494 e. The summed E-state index contributed by atoms with van der Waals surface area (Å²) < 4.78 is 5.35. The van der Waals surface area contributed by atoms with Crippen LogP contribution in [0.1, 0.15) is 54.9 Å². The normalized spacial score (nSPS) is 15.7. The van der Waals surface area contributed by atoms with E-state index in [2.05, 4.69) is 27.8 Å². The van der Waals surface area contributed by atoms with E-state index >= 15 is 0 Å². The molecule has 7 nitrogen and oxygen atoms in total. The number of aryl methyl sites for hydroxylation is 1. The molecule has 1 atom stereocenters. The first-order chi connectivity index (χ1) is 13.0. The summed E-state index contributed by atoms with van der Waals surface area (Å²) in [4.78, 5) is 24.5. The monoisotopic (exact) mass is 370 g/mol. The molecule has 3 rings (SSSR count). The zero-order valence-corrected chi connectivity index (χ0v) is 16.0. The first-order valence-corrected chi connectivity index (χ1v) is 9.37. The molecule has 1 aliphatic carbocycles. The second-order valence-corrected chi connectivity index (χ2v) is 7.04. The molecule has 1 aromatic heterocycles. The van der Waals surface area contributed by atoms with Gasteiger partial charge in [0.1, 0.15) is 5.75 Å². The molecule has 7 heteroatoms. The molecular formula is C20H26N4O3. The number of hydrogen-bond acceptors (Lipinski definition) is 4. The van der Waals surface area contributed by atoms with Crippen molar-refractivity contribution in [3.05, 3.63) is 35.2 Å². The van der Waals surface area contributed by atoms with Crippen molar-refractivity contribution in [3.8, 4) is 5.75 Å². The van der Waals surface area contributed by atoms with Crippen LogP contribution in [0, 0.1) is 5.92 Å². The SMILES string of the molecule is CCCC(=O)Nc1ccc(NC(=O)c2n[nH]c3c2C[C@H](C)CC3)cc1OC. The van der Waals surface area contributed by atoms with Crippen LogP contribution in [0.4, 0.5) is 11.4 Å². The van der Waals surface area contributed by atoms with Crippen LogP contribution in [0.5, 0.6) is 5.75 Å². The predicted molar refractivity (Wildman–Crippen MR) is 104 cm³/mol. The highest BCUT2D eigenvalue weighted by atomic mass is 16.5. The Balaban J connectivity index is 1.75. The van der Waals surface area contributed by atoms with Crippen LogP contribution in [0.15, 0.2) is 18.2 Å². The van der Waals surface area contributed by atoms with Gasteiger partial charge < -0.3 is 15.4 Å². The lowest BCUT2D eigenvalue weighted by Gasteiger charge is -2.18. The van der Waals surface area contributed by atoms with Gasteiger partial charge in [-0.2, -0.15) is 5.10 Å². The van der Waals surface area contributed by atoms with Gasteiger partial charge in [-0.25, -0.2) is 0 Å². The zero-order chi connectivity index (χ0) is 19.4. The quantitative estimate of drug-likeness (QED) is 0.725. The number of aromatic nitrogens is 2. The van der Waals surface area contributed by atoms with Gasteiger partial charge in [0.25, 0.3) is 5.91 Å². The molecule has 0 fully saturated rings. The first-order valence-electron chi connectivity index (χ1n) is 9.37. The third-order valence-electron chi connectivity index (χ3n) is 4.82. The van der Waals surface area contributed by atoms with Gasteiger partial charge in [-0.15, -0.1) is 0 Å². The first kappa shape index (κ1) is 18.9. The molecule has 0 saturated heterocycles. The van der Waals surface area contributed by atoms with E-state index in [0.29, 0.717) is 35.2 Å². The number of amides is 2. The minimum absolute atomic E-state index is 0.0649. The Bertz CT molecular complexity index is 844. The fraction of sp³-hybridized carbons (Fsp3) is 0.450. The third kappa shape index (κ3) is 4.30. The van der Waals surface area contributed by atoms with Gasteiger partial charge in [0, 0.05) is 29.4 Å². The molecule has 0 bridgehead atoms. The average molecular weight is 370 g/mol. The van der Waals surface area contributed by atoms with Crippen LogP contribution in [0.3, 0.4) is 0 Å². The Morgan fingerprint density at radius 3 is 2.89 bits per heavy atom. The lowest BCUT2D eigenvalue weighted by Crippen LogP contribution is -2.18. The lowest BCUT2D eigenvalue weighted by molar-refractivity contribution is -0.116. The Morgan fingerprint density at radius 2 is 2.15 bits per heavy atom. The number of hydrogen-bond donors (Lipinski definition) is 3. The molecule has 1 aromatic carbocycles. The summed E-state index contributed by atoms with van der Waals surface area (Å²) in [6.07, 6.45) is 4.12. The predicted octanol–water partition coefficient (Wildman–Crippen LogP) is 3.53. The van der Waals surface area contributed by atoms with Crippen LogP contribution >= 0.6 is 0 Å². The summed E-state index contributed by atoms with van der Waals surface area (Å²) in [6.45, 7) is 4.14. The highest BCUT2D eigenvalue weighted by Gasteiger charge is 2.25. The van der Waals surface area contributed by atoms with Crippen LogP contribution in [-0.4, -0.2) is 29.1 Å². The van der Waals surface area contributed by atoms with Crippen molar-refractivity contribution in [1.29, 1.82) is 0 Å². The topological polar surface area (TPSA) is 96.1 Å². The van der Waals surface area contributed by atoms with Gasteiger partial charge in [-0.05, 0) is 43.7 Å². The molecule has 0 unspecified atom stereocenters. The Kier molecular flexibility index (Phi) is 5.78. The number of methoxy groups -OCH3 is 1. The number of ether oxygens (including phenoxy) is 1. The van der Waals surface area contributed by atoms with E-state index < -0.39 is 0 Å². The maximum atomic E-state index is 12.7. The van der Waals surface area contributed by atoms with Gasteiger partial charge in [-0.3, -0.25) is 14.7 Å². The van der Waals surface area contributed by atoms with Crippen LogP contribution in [0.25, 0.3) is 0 Å². The average Bonchev–Trinajstić information content (AvgIpc) is 3.06. The maximum Gasteiger partial charge on any atom is 0.276 e. The number of nitrogens with one attached hydrogen (secondary N) is 3. The van der Waals surface area contributed by atoms with E-state index in [9.17, 15) is 9.59 Å². The number of anilines is 2. The van der Waals surface area contributed by atoms with Crippen molar-refractivity contribution in [2.75, 3.05) is 17.7 Å². The van der Waals surface area contributed by atoms with Crippen molar-refractivity contribution in [2.45, 2.75) is 46.0 Å². The standard InChI is InChI=1S/C20H26N4O3/c1-4-5-18(25)22-16-9-7-13(11-17(16)27-3)21-20(26)19-14-10-12(2)6-8-15(14)23-24-19/h7,9,11-12H,4-6,8,10H2,1-3H3,(H,21,26)(H,22,25)(H,23,24)/t12-/m1/s1. The molecule has 1 aliphatic rings. The number of carbonyl (C=O) groups is 2. The lowest BCUT2D eigenvalue weighted by atomic mass is 9.87. The molecule has 144 valence electrons. The summed E-state index contributed by atoms with van der Waals surface area (Å²) in [7, 11) is 1.53. The summed E-state index contributed by atoms with van der Waals surface area (Å²) >= 11 is 0. The molecule has 2 amide bonds. The van der Waals surface area contributed by atoms with Gasteiger partial charge >= 0.3 is 0 Å². The fourth-order valence-electron chi connectivity index (χ4n) is 3.36. The number of nitrogens with zero attached hydrogens (tertiary/aromatic N) is 1. The fourth-order valence-corrected chi connectivity index (χ4v) is 3.36. The third-order valence-corrected chi connectivity index (χ3v) is 4.82. The molecule has 3 N–H and O–H groups in total. The second-order valence-electron chi connectivity index (χ2n) is 7.04. The van der Waals surface area contributed by atoms with Crippen molar-refractivity contribution >= 4 is 23.2 Å². The smallest absolute Gasteiger partial charge is 0.276 e. The summed E-state index contributed by atoms with van der Waals surface area (Å²) in [6, 6.07) is 5.16. The maximum absolute atomic E-state index is 12.7. The Hall–Kier alpha value is -2.83. The Morgan fingerprint density at radius 1 is 1.33 bits per heavy atom. The van der Waals surface area contributed by atoms with Crippen molar-refractivity contribution < 1.29 is 14.3 Å². The van der Waals surface area contributed by atoms with E-state index in [1.165, 1.54) is 7.11 Å². The molecule has 0 aliphatic heterocycles. The number of H-pyrrole nitrogens is 1. The number of benzene rings is 1. The van der Waals surface area contributed by atoms with Gasteiger partial charge in [0.05, 0.1) is 12.8 Å². The number of aromatic amines is 1. The van der Waals surface area contributed by atoms with E-state index in [1.54, 1.807) is 18.2 Å². The van der Waals surface area contributed by atoms with Crippen LogP contribution < -0.4 is 15.4 Å². The Labute approximate surface area is 158 Å². The van der Waals surface area contributed by atoms with E-state index in [1.807, 2.05) is 6.92 Å². The second kappa shape index (κ2) is 8.24. The minimum atomic E-state index is -0.244. The van der Waals surface area contributed by atoms with Gasteiger partial charge in [-0.1, -0.05) is 13.8 Å². The van der Waals surface area contributed by atoms with Crippen LogP contribution in [-0.2, 0) is 17.6 Å². The number of carbonyl (C=O) groups excluding carboxylic acids is 2. The van der Waals surface area contributed by atoms with E-state index in [4.69, 9.17) is 4.74 Å². The van der Waals surface area contributed by atoms with Crippen molar-refractivity contribution in [1.82, 2.24) is 10.2 Å². The highest BCUT2D eigenvalue weighted by Crippen LogP contribution is 2.30. The van der Waals surface area contributed by atoms with E-state index in [-0.39, 0.29) is 11.8 Å². The zero-order valence-electron chi connectivity index (χ0n) is 16.0. The van der Waals surface area contributed by atoms with Crippen LogP contribution in [0.2, 0.25) is 0 Å². The molecule has 2 aromatic rings. The van der Waals surface area contributed by atoms with Gasteiger partial charge in [0.2, 0.25) is 5.91 Å². The molecule has 1 heterocycles. The highest BCUT2D eigenvalue weighted by molar-refractivity contribution is 6.04. The van der Waals surface area contributed by atoms with E-state index in [0.717, 1.165) is 36.9 Å². The minimum Gasteiger partial charge on any atom is -0.494 e.